The van der Waals surface area contributed by atoms with Gasteiger partial charge in [0, 0.05) is 6.54 Å². The molecule has 6 heteroatoms. The quantitative estimate of drug-likeness (QED) is 0.511. The number of unbranched alkanes of at least 4 members (excludes halogenated alkanes) is 3. The van der Waals surface area contributed by atoms with E-state index in [9.17, 15) is 9.59 Å². The summed E-state index contributed by atoms with van der Waals surface area (Å²) in [6, 6.07) is -1.16. The Kier molecular flexibility index (Phi) is 11.6. The molecule has 0 heterocycles. The summed E-state index contributed by atoms with van der Waals surface area (Å²) in [7, 11) is 0. The third-order valence-electron chi connectivity index (χ3n) is 2.76. The molecule has 0 radical (unpaired) electrons. The Hall–Kier alpha value is -0.910. The minimum absolute atomic E-state index is 0.381. The second-order valence-electron chi connectivity index (χ2n) is 4.49. The standard InChI is InChI=1S/C13H26N2O3S/c1-3-4-8-11(12(16)17)15-13(18)14-9-6-5-7-10-19-2/h11H,3-10H2,1-2H3,(H,16,17)(H2,14,15,18). The molecule has 0 aliphatic carbocycles. The van der Waals surface area contributed by atoms with Crippen LogP contribution in [0.4, 0.5) is 4.79 Å². The first-order valence-electron chi connectivity index (χ1n) is 6.88. The highest BCUT2D eigenvalue weighted by Gasteiger charge is 2.18. The first-order chi connectivity index (χ1) is 9.11. The summed E-state index contributed by atoms with van der Waals surface area (Å²) in [5.74, 6) is 0.174. The molecule has 0 rings (SSSR count). The summed E-state index contributed by atoms with van der Waals surface area (Å²) in [5, 5.41) is 14.2. The van der Waals surface area contributed by atoms with E-state index >= 15 is 0 Å². The van der Waals surface area contributed by atoms with Gasteiger partial charge in [-0.2, -0.15) is 11.8 Å². The van der Waals surface area contributed by atoms with Gasteiger partial charge in [0.05, 0.1) is 0 Å². The van der Waals surface area contributed by atoms with Gasteiger partial charge >= 0.3 is 12.0 Å². The fraction of sp³-hybridized carbons (Fsp3) is 0.846. The Balaban J connectivity index is 3.71. The molecule has 0 aromatic carbocycles. The molecule has 0 saturated carbocycles. The van der Waals surface area contributed by atoms with Crippen LogP contribution in [0.1, 0.15) is 45.4 Å². The first kappa shape index (κ1) is 18.1. The van der Waals surface area contributed by atoms with Gasteiger partial charge in [-0.3, -0.25) is 0 Å². The minimum atomic E-state index is -0.969. The number of carbonyl (C=O) groups is 2. The molecular formula is C13H26N2O3S. The molecule has 0 fully saturated rings. The fourth-order valence-corrected chi connectivity index (χ4v) is 2.12. The third kappa shape index (κ3) is 10.7. The van der Waals surface area contributed by atoms with Crippen molar-refractivity contribution in [2.24, 2.45) is 0 Å². The van der Waals surface area contributed by atoms with Crippen LogP contribution in [-0.2, 0) is 4.79 Å². The lowest BCUT2D eigenvalue weighted by Crippen LogP contribution is -2.46. The Morgan fingerprint density at radius 3 is 2.53 bits per heavy atom. The van der Waals surface area contributed by atoms with Crippen molar-refractivity contribution < 1.29 is 14.7 Å². The number of urea groups is 1. The van der Waals surface area contributed by atoms with Crippen molar-refractivity contribution in [3.8, 4) is 0 Å². The summed E-state index contributed by atoms with van der Waals surface area (Å²) < 4.78 is 0. The maximum absolute atomic E-state index is 11.5. The van der Waals surface area contributed by atoms with Gasteiger partial charge in [0.1, 0.15) is 6.04 Å². The molecule has 19 heavy (non-hydrogen) atoms. The summed E-state index contributed by atoms with van der Waals surface area (Å²) in [6.07, 6.45) is 7.44. The van der Waals surface area contributed by atoms with Gasteiger partial charge in [-0.25, -0.2) is 9.59 Å². The van der Waals surface area contributed by atoms with Gasteiger partial charge in [-0.1, -0.05) is 26.2 Å². The highest BCUT2D eigenvalue weighted by molar-refractivity contribution is 7.98. The Labute approximate surface area is 119 Å². The van der Waals surface area contributed by atoms with E-state index in [4.69, 9.17) is 5.11 Å². The van der Waals surface area contributed by atoms with Crippen LogP contribution < -0.4 is 10.6 Å². The number of aliphatic carboxylic acids is 1. The molecule has 0 aliphatic rings. The SMILES string of the molecule is CCCCC(NC(=O)NCCCCCSC)C(=O)O. The van der Waals surface area contributed by atoms with E-state index in [0.29, 0.717) is 13.0 Å². The molecule has 3 N–H and O–H groups in total. The van der Waals surface area contributed by atoms with Crippen LogP contribution in [0.5, 0.6) is 0 Å². The molecule has 1 atom stereocenters. The largest absolute Gasteiger partial charge is 0.480 e. The van der Waals surface area contributed by atoms with Gasteiger partial charge in [0.2, 0.25) is 0 Å². The van der Waals surface area contributed by atoms with Gasteiger partial charge in [0.15, 0.2) is 0 Å². The van der Waals surface area contributed by atoms with Crippen LogP contribution in [0.2, 0.25) is 0 Å². The van der Waals surface area contributed by atoms with Crippen molar-refractivity contribution in [1.29, 1.82) is 0 Å². The maximum Gasteiger partial charge on any atom is 0.326 e. The number of nitrogens with one attached hydrogen (secondary N) is 2. The minimum Gasteiger partial charge on any atom is -0.480 e. The first-order valence-corrected chi connectivity index (χ1v) is 8.27. The number of hydrogen-bond acceptors (Lipinski definition) is 3. The van der Waals surface area contributed by atoms with E-state index in [2.05, 4.69) is 16.9 Å². The monoisotopic (exact) mass is 290 g/mol. The second kappa shape index (κ2) is 12.1. The van der Waals surface area contributed by atoms with E-state index in [1.54, 1.807) is 0 Å². The Morgan fingerprint density at radius 2 is 1.95 bits per heavy atom. The van der Waals surface area contributed by atoms with Crippen molar-refractivity contribution in [3.63, 3.8) is 0 Å². The highest BCUT2D eigenvalue weighted by Crippen LogP contribution is 2.02. The van der Waals surface area contributed by atoms with Crippen molar-refractivity contribution in [2.45, 2.75) is 51.5 Å². The fourth-order valence-electron chi connectivity index (χ4n) is 1.63. The zero-order valence-corrected chi connectivity index (χ0v) is 12.7. The van der Waals surface area contributed by atoms with Crippen molar-refractivity contribution in [3.05, 3.63) is 0 Å². The average molecular weight is 290 g/mol. The molecule has 0 bridgehead atoms. The normalized spacial score (nSPS) is 11.9. The van der Waals surface area contributed by atoms with E-state index in [1.165, 1.54) is 0 Å². The number of hydrogen-bond donors (Lipinski definition) is 3. The van der Waals surface area contributed by atoms with E-state index in [1.807, 2.05) is 18.7 Å². The number of amides is 2. The van der Waals surface area contributed by atoms with Crippen LogP contribution in [0.25, 0.3) is 0 Å². The van der Waals surface area contributed by atoms with Crippen LogP contribution in [-0.4, -0.2) is 41.7 Å². The third-order valence-corrected chi connectivity index (χ3v) is 3.46. The predicted molar refractivity (Wildman–Crippen MR) is 79.7 cm³/mol. The molecule has 0 spiro atoms. The average Bonchev–Trinajstić information content (AvgIpc) is 2.38. The summed E-state index contributed by atoms with van der Waals surface area (Å²) in [4.78, 5) is 22.5. The molecule has 112 valence electrons. The van der Waals surface area contributed by atoms with Gasteiger partial charge in [0.25, 0.3) is 0 Å². The zero-order valence-electron chi connectivity index (χ0n) is 11.9. The van der Waals surface area contributed by atoms with Crippen LogP contribution in [0, 0.1) is 0 Å². The lowest BCUT2D eigenvalue weighted by molar-refractivity contribution is -0.139. The molecule has 0 aliphatic heterocycles. The van der Waals surface area contributed by atoms with Crippen molar-refractivity contribution >= 4 is 23.8 Å². The Morgan fingerprint density at radius 1 is 1.21 bits per heavy atom. The summed E-state index contributed by atoms with van der Waals surface area (Å²) >= 11 is 1.82. The Bertz CT molecular complexity index is 262. The zero-order chi connectivity index (χ0) is 14.5. The maximum atomic E-state index is 11.5. The number of carboxylic acid groups (broad SMARTS) is 1. The molecule has 0 aromatic rings. The van der Waals surface area contributed by atoms with E-state index in [0.717, 1.165) is 37.9 Å². The lowest BCUT2D eigenvalue weighted by Gasteiger charge is -2.14. The van der Waals surface area contributed by atoms with Gasteiger partial charge in [-0.15, -0.1) is 0 Å². The number of carbonyl (C=O) groups excluding carboxylic acids is 1. The van der Waals surface area contributed by atoms with Gasteiger partial charge < -0.3 is 15.7 Å². The van der Waals surface area contributed by atoms with Crippen molar-refractivity contribution in [2.75, 3.05) is 18.6 Å². The summed E-state index contributed by atoms with van der Waals surface area (Å²) in [5.41, 5.74) is 0. The van der Waals surface area contributed by atoms with Crippen molar-refractivity contribution in [1.82, 2.24) is 10.6 Å². The topological polar surface area (TPSA) is 78.4 Å². The van der Waals surface area contributed by atoms with Crippen LogP contribution in [0.15, 0.2) is 0 Å². The predicted octanol–water partition coefficient (Wildman–Crippen LogP) is 2.46. The smallest absolute Gasteiger partial charge is 0.326 e. The van der Waals surface area contributed by atoms with Crippen LogP contribution >= 0.6 is 11.8 Å². The van der Waals surface area contributed by atoms with E-state index in [-0.39, 0.29) is 6.03 Å². The molecule has 1 unspecified atom stereocenters. The van der Waals surface area contributed by atoms with E-state index < -0.39 is 12.0 Å². The molecular weight excluding hydrogens is 264 g/mol. The molecule has 0 aromatic heterocycles. The molecule has 5 nitrogen and oxygen atoms in total. The van der Waals surface area contributed by atoms with Crippen LogP contribution in [0.3, 0.4) is 0 Å². The summed E-state index contributed by atoms with van der Waals surface area (Å²) in [6.45, 7) is 2.59. The number of carboxylic acids is 1. The number of thioether (sulfide) groups is 1. The molecule has 0 saturated heterocycles. The molecule has 2 amide bonds. The highest BCUT2D eigenvalue weighted by atomic mass is 32.2. The second-order valence-corrected chi connectivity index (χ2v) is 5.47. The lowest BCUT2D eigenvalue weighted by atomic mass is 10.1. The van der Waals surface area contributed by atoms with Gasteiger partial charge in [-0.05, 0) is 31.3 Å². The number of rotatable bonds is 11.